The van der Waals surface area contributed by atoms with Gasteiger partial charge in [-0.3, -0.25) is 0 Å². The molecule has 17 heavy (non-hydrogen) atoms. The molecule has 0 unspecified atom stereocenters. The van der Waals surface area contributed by atoms with Crippen molar-refractivity contribution in [3.8, 4) is 0 Å². The highest BCUT2D eigenvalue weighted by Gasteiger charge is 2.13. The lowest BCUT2D eigenvalue weighted by atomic mass is 10.1. The smallest absolute Gasteiger partial charge is 0.0967 e. The number of aromatic amines is 1. The molecule has 0 saturated heterocycles. The highest BCUT2D eigenvalue weighted by Crippen LogP contribution is 2.18. The molecule has 0 radical (unpaired) electrons. The lowest BCUT2D eigenvalue weighted by Gasteiger charge is -2.28. The number of benzene rings is 1. The molecule has 0 amide bonds. The summed E-state index contributed by atoms with van der Waals surface area (Å²) in [4.78, 5) is 3.33. The average Bonchev–Trinajstić information content (AvgIpc) is 2.70. The van der Waals surface area contributed by atoms with E-state index in [4.69, 9.17) is 0 Å². The highest BCUT2D eigenvalue weighted by atomic mass is 15.3. The molecule has 1 heterocycles. The Morgan fingerprint density at radius 2 is 2.06 bits per heavy atom. The summed E-state index contributed by atoms with van der Waals surface area (Å²) in [5, 5.41) is 1.35. The number of fused-ring (bicyclic) bond motifs is 1. The average molecular weight is 229 g/mol. The second-order valence-corrected chi connectivity index (χ2v) is 5.24. The largest absolute Gasteiger partial charge is 0.361 e. The SMILES string of the molecule is C=CC[N+](C)(C)CCc1c[nH]c2ccccc12. The van der Waals surface area contributed by atoms with Crippen molar-refractivity contribution < 1.29 is 4.48 Å². The van der Waals surface area contributed by atoms with Gasteiger partial charge < -0.3 is 9.47 Å². The van der Waals surface area contributed by atoms with E-state index >= 15 is 0 Å². The van der Waals surface area contributed by atoms with Crippen LogP contribution in [0.5, 0.6) is 0 Å². The lowest BCUT2D eigenvalue weighted by molar-refractivity contribution is -0.884. The predicted octanol–water partition coefficient (Wildman–Crippen LogP) is 2.97. The first-order valence-corrected chi connectivity index (χ1v) is 6.10. The molecule has 0 aliphatic heterocycles. The van der Waals surface area contributed by atoms with Crippen LogP contribution in [0, 0.1) is 0 Å². The molecule has 0 saturated carbocycles. The molecule has 0 aliphatic rings. The van der Waals surface area contributed by atoms with E-state index in [0.717, 1.165) is 24.0 Å². The Morgan fingerprint density at radius 1 is 1.29 bits per heavy atom. The van der Waals surface area contributed by atoms with Gasteiger partial charge >= 0.3 is 0 Å². The number of aromatic nitrogens is 1. The Morgan fingerprint density at radius 3 is 2.82 bits per heavy atom. The fraction of sp³-hybridized carbons (Fsp3) is 0.333. The van der Waals surface area contributed by atoms with E-state index in [-0.39, 0.29) is 0 Å². The van der Waals surface area contributed by atoms with E-state index in [1.54, 1.807) is 0 Å². The third kappa shape index (κ3) is 2.77. The molecule has 2 aromatic rings. The van der Waals surface area contributed by atoms with Gasteiger partial charge in [0.05, 0.1) is 27.2 Å². The van der Waals surface area contributed by atoms with Crippen LogP contribution in [0.3, 0.4) is 0 Å². The van der Waals surface area contributed by atoms with Crippen LogP contribution in [0.4, 0.5) is 0 Å². The minimum atomic E-state index is 0.989. The number of hydrogen-bond acceptors (Lipinski definition) is 0. The quantitative estimate of drug-likeness (QED) is 0.599. The van der Waals surface area contributed by atoms with Gasteiger partial charge in [0.15, 0.2) is 0 Å². The van der Waals surface area contributed by atoms with E-state index < -0.39 is 0 Å². The Bertz CT molecular complexity index is 508. The van der Waals surface area contributed by atoms with Gasteiger partial charge in [-0.2, -0.15) is 0 Å². The van der Waals surface area contributed by atoms with E-state index in [9.17, 15) is 0 Å². The Labute approximate surface area is 103 Å². The molecular formula is C15H21N2+. The maximum absolute atomic E-state index is 3.82. The summed E-state index contributed by atoms with van der Waals surface area (Å²) in [7, 11) is 4.49. The summed E-state index contributed by atoms with van der Waals surface area (Å²) in [6.07, 6.45) is 5.23. The topological polar surface area (TPSA) is 15.8 Å². The van der Waals surface area contributed by atoms with Crippen LogP contribution in [-0.4, -0.2) is 36.7 Å². The zero-order valence-electron chi connectivity index (χ0n) is 10.7. The summed E-state index contributed by atoms with van der Waals surface area (Å²) in [5.74, 6) is 0. The fourth-order valence-electron chi connectivity index (χ4n) is 2.20. The zero-order valence-corrected chi connectivity index (χ0v) is 10.7. The van der Waals surface area contributed by atoms with Gasteiger partial charge in [0, 0.05) is 23.5 Å². The van der Waals surface area contributed by atoms with Crippen molar-refractivity contribution in [2.75, 3.05) is 27.2 Å². The van der Waals surface area contributed by atoms with Crippen LogP contribution in [0.25, 0.3) is 10.9 Å². The number of hydrogen-bond donors (Lipinski definition) is 1. The standard InChI is InChI=1S/C15H21N2/c1-4-10-17(2,3)11-9-13-12-16-15-8-6-5-7-14(13)15/h4-8,12,16H,1,9-11H2,2-3H3/q+1. The number of nitrogens with one attached hydrogen (secondary N) is 1. The van der Waals surface area contributed by atoms with Crippen molar-refractivity contribution in [2.24, 2.45) is 0 Å². The van der Waals surface area contributed by atoms with E-state index in [0.29, 0.717) is 0 Å². The number of quaternary nitrogens is 1. The molecule has 90 valence electrons. The highest BCUT2D eigenvalue weighted by molar-refractivity contribution is 5.82. The van der Waals surface area contributed by atoms with Crippen molar-refractivity contribution in [3.63, 3.8) is 0 Å². The molecule has 0 fully saturated rings. The molecule has 0 aliphatic carbocycles. The maximum atomic E-state index is 3.82. The van der Waals surface area contributed by atoms with Crippen molar-refractivity contribution in [1.82, 2.24) is 4.98 Å². The molecule has 0 spiro atoms. The first-order chi connectivity index (χ1) is 8.12. The lowest BCUT2D eigenvalue weighted by Crippen LogP contribution is -2.41. The molecule has 0 atom stereocenters. The first-order valence-electron chi connectivity index (χ1n) is 6.10. The molecule has 1 aromatic carbocycles. The molecule has 1 N–H and O–H groups in total. The van der Waals surface area contributed by atoms with Gasteiger partial charge in [-0.15, -0.1) is 0 Å². The minimum absolute atomic E-state index is 0.989. The van der Waals surface area contributed by atoms with E-state index in [2.05, 4.69) is 56.1 Å². The minimum Gasteiger partial charge on any atom is -0.361 e. The second kappa shape index (κ2) is 4.76. The number of H-pyrrole nitrogens is 1. The third-order valence-corrected chi connectivity index (χ3v) is 3.28. The third-order valence-electron chi connectivity index (χ3n) is 3.28. The summed E-state index contributed by atoms with van der Waals surface area (Å²) >= 11 is 0. The molecule has 0 bridgehead atoms. The predicted molar refractivity (Wildman–Crippen MR) is 74.0 cm³/mol. The summed E-state index contributed by atoms with van der Waals surface area (Å²) in [6.45, 7) is 5.97. The van der Waals surface area contributed by atoms with Crippen molar-refractivity contribution in [3.05, 3.63) is 48.7 Å². The van der Waals surface area contributed by atoms with Crippen LogP contribution in [0.15, 0.2) is 43.1 Å². The van der Waals surface area contributed by atoms with Gasteiger partial charge in [0.1, 0.15) is 0 Å². The fourth-order valence-corrected chi connectivity index (χ4v) is 2.20. The molecule has 2 nitrogen and oxygen atoms in total. The summed E-state index contributed by atoms with van der Waals surface area (Å²) < 4.78 is 0.989. The van der Waals surface area contributed by atoms with Gasteiger partial charge in [0.25, 0.3) is 0 Å². The van der Waals surface area contributed by atoms with Crippen LogP contribution in [-0.2, 0) is 6.42 Å². The zero-order chi connectivity index (χ0) is 12.3. The van der Waals surface area contributed by atoms with E-state index in [1.165, 1.54) is 16.5 Å². The van der Waals surface area contributed by atoms with Crippen molar-refractivity contribution in [1.29, 1.82) is 0 Å². The number of rotatable bonds is 5. The van der Waals surface area contributed by atoms with Crippen LogP contribution >= 0.6 is 0 Å². The monoisotopic (exact) mass is 229 g/mol. The summed E-state index contributed by atoms with van der Waals surface area (Å²) in [6, 6.07) is 8.49. The van der Waals surface area contributed by atoms with Crippen LogP contribution in [0.1, 0.15) is 5.56 Å². The number of likely N-dealkylation sites (N-methyl/N-ethyl adjacent to an activating group) is 1. The first kappa shape index (κ1) is 11.9. The van der Waals surface area contributed by atoms with Crippen molar-refractivity contribution in [2.45, 2.75) is 6.42 Å². The van der Waals surface area contributed by atoms with Gasteiger partial charge in [0.2, 0.25) is 0 Å². The van der Waals surface area contributed by atoms with E-state index in [1.807, 2.05) is 6.08 Å². The Balaban J connectivity index is 2.11. The van der Waals surface area contributed by atoms with Crippen LogP contribution in [0.2, 0.25) is 0 Å². The number of para-hydroxylation sites is 1. The maximum Gasteiger partial charge on any atom is 0.0967 e. The normalized spacial score (nSPS) is 11.9. The van der Waals surface area contributed by atoms with Gasteiger partial charge in [-0.05, 0) is 17.7 Å². The van der Waals surface area contributed by atoms with Crippen molar-refractivity contribution >= 4 is 10.9 Å². The number of nitrogens with zero attached hydrogens (tertiary/aromatic N) is 1. The van der Waals surface area contributed by atoms with Gasteiger partial charge in [-0.25, -0.2) is 0 Å². The molecule has 1 aromatic heterocycles. The Hall–Kier alpha value is -1.54. The summed E-state index contributed by atoms with van der Waals surface area (Å²) in [5.41, 5.74) is 2.65. The van der Waals surface area contributed by atoms with Crippen LogP contribution < -0.4 is 0 Å². The van der Waals surface area contributed by atoms with Gasteiger partial charge in [-0.1, -0.05) is 24.8 Å². The Kier molecular flexibility index (Phi) is 3.34. The second-order valence-electron chi connectivity index (χ2n) is 5.24. The molecule has 2 heteroatoms. The molecular weight excluding hydrogens is 208 g/mol. The molecule has 2 rings (SSSR count).